The second kappa shape index (κ2) is 5.60. The van der Waals surface area contributed by atoms with E-state index in [1.807, 2.05) is 0 Å². The summed E-state index contributed by atoms with van der Waals surface area (Å²) in [5.74, 6) is -0.881. The molecule has 1 aliphatic rings. The third kappa shape index (κ3) is 3.62. The highest BCUT2D eigenvalue weighted by molar-refractivity contribution is 5.79. The number of likely N-dealkylation sites (N-methyl/N-ethyl adjacent to an activating group) is 1. The molecule has 1 saturated heterocycles. The highest BCUT2D eigenvalue weighted by Crippen LogP contribution is 2.09. The van der Waals surface area contributed by atoms with Crippen LogP contribution in [0.25, 0.3) is 0 Å². The van der Waals surface area contributed by atoms with Gasteiger partial charge in [-0.3, -0.25) is 9.59 Å². The first-order valence-corrected chi connectivity index (χ1v) is 5.20. The molecule has 6 heteroatoms. The maximum atomic E-state index is 11.2. The van der Waals surface area contributed by atoms with Crippen LogP contribution in [0.4, 0.5) is 0 Å². The zero-order valence-corrected chi connectivity index (χ0v) is 9.18. The van der Waals surface area contributed by atoms with Crippen LogP contribution in [0.3, 0.4) is 0 Å². The van der Waals surface area contributed by atoms with Gasteiger partial charge >= 0.3 is 5.97 Å². The molecule has 6 nitrogen and oxygen atoms in total. The molecule has 0 aromatic heterocycles. The van der Waals surface area contributed by atoms with Gasteiger partial charge in [-0.25, -0.2) is 0 Å². The number of carbonyl (C=O) groups excluding carboxylic acids is 2. The third-order valence-electron chi connectivity index (χ3n) is 2.62. The van der Waals surface area contributed by atoms with Crippen molar-refractivity contribution >= 4 is 18.2 Å². The molecule has 1 unspecified atom stereocenters. The standard InChI is InChI=1S/C10H16N2O4/c1-12-5-8(4-9(12)14)11-7(6-13)2-3-10(15)16/h6-8,11H,2-5H2,1H3,(H,15,16)/t7-,8?/m0/s1. The molecular formula is C10H16N2O4. The van der Waals surface area contributed by atoms with E-state index < -0.39 is 12.0 Å². The number of hydrogen-bond acceptors (Lipinski definition) is 4. The van der Waals surface area contributed by atoms with Gasteiger partial charge in [0.1, 0.15) is 6.29 Å². The SMILES string of the molecule is CN1CC(N[C@H](C=O)CCC(=O)O)CC1=O. The first-order valence-electron chi connectivity index (χ1n) is 5.20. The van der Waals surface area contributed by atoms with E-state index in [4.69, 9.17) is 5.11 Å². The maximum Gasteiger partial charge on any atom is 0.303 e. The molecule has 0 aromatic carbocycles. The number of carboxylic acid groups (broad SMARTS) is 1. The Morgan fingerprint density at radius 2 is 2.44 bits per heavy atom. The van der Waals surface area contributed by atoms with E-state index in [2.05, 4.69) is 5.32 Å². The number of nitrogens with one attached hydrogen (secondary N) is 1. The lowest BCUT2D eigenvalue weighted by Gasteiger charge is -2.17. The quantitative estimate of drug-likeness (QED) is 0.583. The summed E-state index contributed by atoms with van der Waals surface area (Å²) in [5.41, 5.74) is 0. The Labute approximate surface area is 93.6 Å². The van der Waals surface area contributed by atoms with Gasteiger partial charge in [-0.2, -0.15) is 0 Å². The van der Waals surface area contributed by atoms with E-state index in [1.54, 1.807) is 11.9 Å². The second-order valence-corrected chi connectivity index (χ2v) is 4.02. The number of likely N-dealkylation sites (tertiary alicyclic amines) is 1. The van der Waals surface area contributed by atoms with Gasteiger partial charge in [0, 0.05) is 32.5 Å². The molecule has 2 atom stereocenters. The first kappa shape index (κ1) is 12.6. The molecule has 0 aliphatic carbocycles. The van der Waals surface area contributed by atoms with Crippen molar-refractivity contribution in [1.29, 1.82) is 0 Å². The zero-order valence-electron chi connectivity index (χ0n) is 9.18. The fraction of sp³-hybridized carbons (Fsp3) is 0.700. The van der Waals surface area contributed by atoms with Crippen LogP contribution in [0.1, 0.15) is 19.3 Å². The number of carbonyl (C=O) groups is 3. The van der Waals surface area contributed by atoms with Crippen LogP contribution < -0.4 is 5.32 Å². The lowest BCUT2D eigenvalue weighted by atomic mass is 10.1. The van der Waals surface area contributed by atoms with Crippen LogP contribution in [0.2, 0.25) is 0 Å². The van der Waals surface area contributed by atoms with Crippen LogP contribution in [-0.4, -0.2) is 53.8 Å². The van der Waals surface area contributed by atoms with E-state index in [0.717, 1.165) is 0 Å². The minimum Gasteiger partial charge on any atom is -0.481 e. The molecule has 2 N–H and O–H groups in total. The molecule has 1 aliphatic heterocycles. The van der Waals surface area contributed by atoms with E-state index in [1.165, 1.54) is 0 Å². The maximum absolute atomic E-state index is 11.2. The van der Waals surface area contributed by atoms with Gasteiger partial charge < -0.3 is 20.1 Å². The van der Waals surface area contributed by atoms with Crippen molar-refractivity contribution < 1.29 is 19.5 Å². The van der Waals surface area contributed by atoms with E-state index >= 15 is 0 Å². The monoisotopic (exact) mass is 228 g/mol. The second-order valence-electron chi connectivity index (χ2n) is 4.02. The number of rotatable bonds is 6. The van der Waals surface area contributed by atoms with E-state index in [-0.39, 0.29) is 24.8 Å². The summed E-state index contributed by atoms with van der Waals surface area (Å²) in [6.07, 6.45) is 1.28. The van der Waals surface area contributed by atoms with Crippen LogP contribution in [0, 0.1) is 0 Å². The molecule has 0 spiro atoms. The highest BCUT2D eigenvalue weighted by atomic mass is 16.4. The predicted octanol–water partition coefficient (Wildman–Crippen LogP) is -0.761. The Kier molecular flexibility index (Phi) is 4.42. The average Bonchev–Trinajstić information content (AvgIpc) is 2.52. The van der Waals surface area contributed by atoms with Crippen molar-refractivity contribution in [1.82, 2.24) is 10.2 Å². The normalized spacial score (nSPS) is 22.2. The lowest BCUT2D eigenvalue weighted by Crippen LogP contribution is -2.40. The summed E-state index contributed by atoms with van der Waals surface area (Å²) in [6.45, 7) is 0.566. The fourth-order valence-corrected chi connectivity index (χ4v) is 1.75. The van der Waals surface area contributed by atoms with E-state index in [0.29, 0.717) is 19.3 Å². The summed E-state index contributed by atoms with van der Waals surface area (Å²) in [7, 11) is 1.71. The first-order chi connectivity index (χ1) is 7.52. The van der Waals surface area contributed by atoms with Gasteiger partial charge in [0.15, 0.2) is 0 Å². The van der Waals surface area contributed by atoms with Gasteiger partial charge in [0.2, 0.25) is 5.91 Å². The van der Waals surface area contributed by atoms with Gasteiger partial charge in [-0.05, 0) is 6.42 Å². The van der Waals surface area contributed by atoms with Crippen molar-refractivity contribution in [3.8, 4) is 0 Å². The molecule has 0 saturated carbocycles. The summed E-state index contributed by atoms with van der Waals surface area (Å²) < 4.78 is 0. The molecule has 0 radical (unpaired) electrons. The Morgan fingerprint density at radius 1 is 1.75 bits per heavy atom. The molecule has 16 heavy (non-hydrogen) atoms. The van der Waals surface area contributed by atoms with Crippen molar-refractivity contribution in [2.24, 2.45) is 0 Å². The van der Waals surface area contributed by atoms with Gasteiger partial charge in [0.05, 0.1) is 6.04 Å². The third-order valence-corrected chi connectivity index (χ3v) is 2.62. The molecule has 1 rings (SSSR count). The van der Waals surface area contributed by atoms with Crippen LogP contribution >= 0.6 is 0 Å². The summed E-state index contributed by atoms with van der Waals surface area (Å²) in [5, 5.41) is 11.5. The number of aliphatic carboxylic acids is 1. The Balaban J connectivity index is 2.36. The molecule has 90 valence electrons. The zero-order chi connectivity index (χ0) is 12.1. The minimum atomic E-state index is -0.923. The van der Waals surface area contributed by atoms with Crippen LogP contribution in [0.5, 0.6) is 0 Å². The number of hydrogen-bond donors (Lipinski definition) is 2. The Hall–Kier alpha value is -1.43. The predicted molar refractivity (Wildman–Crippen MR) is 55.9 cm³/mol. The van der Waals surface area contributed by atoms with Crippen LogP contribution in [-0.2, 0) is 14.4 Å². The van der Waals surface area contributed by atoms with Crippen molar-refractivity contribution in [3.63, 3.8) is 0 Å². The van der Waals surface area contributed by atoms with E-state index in [9.17, 15) is 14.4 Å². The van der Waals surface area contributed by atoms with Crippen molar-refractivity contribution in [2.75, 3.05) is 13.6 Å². The topological polar surface area (TPSA) is 86.7 Å². The number of carboxylic acids is 1. The van der Waals surface area contributed by atoms with Crippen molar-refractivity contribution in [3.05, 3.63) is 0 Å². The largest absolute Gasteiger partial charge is 0.481 e. The molecule has 1 fully saturated rings. The number of nitrogens with zero attached hydrogens (tertiary/aromatic N) is 1. The molecule has 0 aromatic rings. The van der Waals surface area contributed by atoms with Gasteiger partial charge in [-0.1, -0.05) is 0 Å². The van der Waals surface area contributed by atoms with Crippen molar-refractivity contribution in [2.45, 2.75) is 31.3 Å². The highest BCUT2D eigenvalue weighted by Gasteiger charge is 2.28. The van der Waals surface area contributed by atoms with Gasteiger partial charge in [-0.15, -0.1) is 0 Å². The minimum absolute atomic E-state index is 0.0420. The number of amides is 1. The Morgan fingerprint density at radius 3 is 2.88 bits per heavy atom. The molecular weight excluding hydrogens is 212 g/mol. The summed E-state index contributed by atoms with van der Waals surface area (Å²) >= 11 is 0. The van der Waals surface area contributed by atoms with Crippen LogP contribution in [0.15, 0.2) is 0 Å². The fourth-order valence-electron chi connectivity index (χ4n) is 1.75. The average molecular weight is 228 g/mol. The molecule has 1 heterocycles. The molecule has 0 bridgehead atoms. The molecule has 1 amide bonds. The lowest BCUT2D eigenvalue weighted by molar-refractivity contribution is -0.137. The number of aldehydes is 1. The summed E-state index contributed by atoms with van der Waals surface area (Å²) in [6, 6.07) is -0.540. The summed E-state index contributed by atoms with van der Waals surface area (Å²) in [4.78, 5) is 33.9. The Bertz CT molecular complexity index is 293. The van der Waals surface area contributed by atoms with Gasteiger partial charge in [0.25, 0.3) is 0 Å². The smallest absolute Gasteiger partial charge is 0.303 e.